The molecular weight excluding hydrogens is 458 g/mol. The van der Waals surface area contributed by atoms with Crippen LogP contribution in [0, 0.1) is 0 Å². The van der Waals surface area contributed by atoms with E-state index in [4.69, 9.17) is 9.47 Å². The van der Waals surface area contributed by atoms with Crippen LogP contribution in [0.25, 0.3) is 0 Å². The lowest BCUT2D eigenvalue weighted by atomic mass is 10.0. The molecule has 7 heteroatoms. The second kappa shape index (κ2) is 7.45. The monoisotopic (exact) mass is 473 g/mol. The molecule has 1 fully saturated rings. The van der Waals surface area contributed by atoms with Gasteiger partial charge in [-0.05, 0) is 69.0 Å². The van der Waals surface area contributed by atoms with Gasteiger partial charge in [0.05, 0.1) is 28.9 Å². The van der Waals surface area contributed by atoms with E-state index in [-0.39, 0.29) is 11.9 Å². The Hall–Kier alpha value is -1.05. The number of methoxy groups -OCH3 is 2. The molecule has 0 aliphatic carbocycles. The molecule has 3 rings (SSSR count). The first-order chi connectivity index (χ1) is 11.5. The molecule has 1 unspecified atom stereocenters. The predicted molar refractivity (Wildman–Crippen MR) is 102 cm³/mol. The normalized spacial score (nSPS) is 17.2. The zero-order chi connectivity index (χ0) is 17.3. The number of amides is 1. The molecule has 1 aromatic heterocycles. The van der Waals surface area contributed by atoms with Gasteiger partial charge < -0.3 is 14.4 Å². The molecular formula is C17H17Br2NO3S. The molecule has 1 aliphatic rings. The summed E-state index contributed by atoms with van der Waals surface area (Å²) in [5.41, 5.74) is 0.998. The highest BCUT2D eigenvalue weighted by molar-refractivity contribution is 9.13. The molecule has 1 aliphatic heterocycles. The largest absolute Gasteiger partial charge is 0.497 e. The molecule has 2 heterocycles. The predicted octanol–water partition coefficient (Wildman–Crippen LogP) is 5.27. The quantitative estimate of drug-likeness (QED) is 0.606. The summed E-state index contributed by atoms with van der Waals surface area (Å²) in [5.74, 6) is 1.61. The van der Waals surface area contributed by atoms with Crippen LogP contribution in [-0.2, 0) is 0 Å². The molecule has 1 amide bonds. The number of thiophene rings is 1. The van der Waals surface area contributed by atoms with Crippen LogP contribution in [0.2, 0.25) is 0 Å². The van der Waals surface area contributed by atoms with Gasteiger partial charge in [-0.25, -0.2) is 0 Å². The van der Waals surface area contributed by atoms with Crippen molar-refractivity contribution in [2.24, 2.45) is 0 Å². The number of hydrogen-bond donors (Lipinski definition) is 0. The molecule has 1 aromatic carbocycles. The number of carbonyl (C=O) groups excluding carboxylic acids is 1. The molecule has 0 N–H and O–H groups in total. The number of hydrogen-bond acceptors (Lipinski definition) is 4. The maximum atomic E-state index is 13.0. The Labute approximate surface area is 162 Å². The lowest BCUT2D eigenvalue weighted by molar-refractivity contribution is 0.0739. The Morgan fingerprint density at radius 2 is 2.04 bits per heavy atom. The number of carbonyl (C=O) groups is 1. The maximum Gasteiger partial charge on any atom is 0.264 e. The standard InChI is InChI=1S/C17H17Br2NO3S/c1-22-10-5-6-14(23-2)11(8-10)13-4-3-7-20(13)17(21)15-9-12(18)16(19)24-15/h5-6,8-9,13H,3-4,7H2,1-2H3. The van der Waals surface area contributed by atoms with E-state index < -0.39 is 0 Å². The molecule has 2 aromatic rings. The second-order valence-electron chi connectivity index (χ2n) is 5.50. The Morgan fingerprint density at radius 1 is 1.25 bits per heavy atom. The fraction of sp³-hybridized carbons (Fsp3) is 0.353. The molecule has 0 spiro atoms. The number of nitrogens with zero attached hydrogens (tertiary/aromatic N) is 1. The topological polar surface area (TPSA) is 38.8 Å². The third kappa shape index (κ3) is 3.34. The Kier molecular flexibility index (Phi) is 5.52. The van der Waals surface area contributed by atoms with Crippen molar-refractivity contribution in [1.29, 1.82) is 0 Å². The van der Waals surface area contributed by atoms with Gasteiger partial charge in [0.25, 0.3) is 5.91 Å². The van der Waals surface area contributed by atoms with Crippen LogP contribution in [0.15, 0.2) is 32.5 Å². The maximum absolute atomic E-state index is 13.0. The van der Waals surface area contributed by atoms with Gasteiger partial charge in [-0.1, -0.05) is 0 Å². The van der Waals surface area contributed by atoms with Crippen molar-refractivity contribution < 1.29 is 14.3 Å². The van der Waals surface area contributed by atoms with E-state index in [1.54, 1.807) is 14.2 Å². The summed E-state index contributed by atoms with van der Waals surface area (Å²) in [6.07, 6.45) is 1.90. The highest BCUT2D eigenvalue weighted by atomic mass is 79.9. The van der Waals surface area contributed by atoms with E-state index in [0.29, 0.717) is 0 Å². The summed E-state index contributed by atoms with van der Waals surface area (Å²) in [6.45, 7) is 0.747. The summed E-state index contributed by atoms with van der Waals surface area (Å²) in [6, 6.07) is 7.61. The van der Waals surface area contributed by atoms with E-state index in [2.05, 4.69) is 31.9 Å². The first-order valence-electron chi connectivity index (χ1n) is 7.53. The first-order valence-corrected chi connectivity index (χ1v) is 9.93. The van der Waals surface area contributed by atoms with Crippen molar-refractivity contribution in [3.8, 4) is 11.5 Å². The fourth-order valence-corrected chi connectivity index (χ4v) is 5.02. The highest BCUT2D eigenvalue weighted by Crippen LogP contribution is 2.41. The van der Waals surface area contributed by atoms with Crippen LogP contribution in [0.5, 0.6) is 11.5 Å². The van der Waals surface area contributed by atoms with Crippen molar-refractivity contribution in [3.63, 3.8) is 0 Å². The van der Waals surface area contributed by atoms with E-state index in [9.17, 15) is 4.79 Å². The van der Waals surface area contributed by atoms with Gasteiger partial charge in [-0.2, -0.15) is 0 Å². The van der Waals surface area contributed by atoms with Crippen LogP contribution < -0.4 is 9.47 Å². The van der Waals surface area contributed by atoms with Gasteiger partial charge in [-0.3, -0.25) is 4.79 Å². The second-order valence-corrected chi connectivity index (χ2v) is 8.72. The molecule has 24 heavy (non-hydrogen) atoms. The Bertz CT molecular complexity index is 743. The van der Waals surface area contributed by atoms with Crippen molar-refractivity contribution in [2.45, 2.75) is 18.9 Å². The summed E-state index contributed by atoms with van der Waals surface area (Å²) < 4.78 is 12.7. The van der Waals surface area contributed by atoms with Crippen molar-refractivity contribution in [1.82, 2.24) is 4.90 Å². The van der Waals surface area contributed by atoms with Gasteiger partial charge in [0.15, 0.2) is 0 Å². The summed E-state index contributed by atoms with van der Waals surface area (Å²) >= 11 is 8.36. The van der Waals surface area contributed by atoms with Gasteiger partial charge in [0.2, 0.25) is 0 Å². The van der Waals surface area contributed by atoms with Crippen molar-refractivity contribution in [3.05, 3.63) is 43.0 Å². The molecule has 128 valence electrons. The molecule has 0 saturated carbocycles. The van der Waals surface area contributed by atoms with Crippen LogP contribution in [0.4, 0.5) is 0 Å². The summed E-state index contributed by atoms with van der Waals surface area (Å²) in [7, 11) is 3.30. The number of ether oxygens (including phenoxy) is 2. The lowest BCUT2D eigenvalue weighted by Gasteiger charge is -2.26. The van der Waals surface area contributed by atoms with Crippen LogP contribution >= 0.6 is 43.2 Å². The third-order valence-electron chi connectivity index (χ3n) is 4.17. The fourth-order valence-electron chi connectivity index (χ4n) is 3.03. The van der Waals surface area contributed by atoms with E-state index in [1.165, 1.54) is 11.3 Å². The van der Waals surface area contributed by atoms with Gasteiger partial charge >= 0.3 is 0 Å². The summed E-state index contributed by atoms with van der Waals surface area (Å²) in [4.78, 5) is 15.6. The molecule has 0 radical (unpaired) electrons. The average molecular weight is 475 g/mol. The number of rotatable bonds is 4. The number of halogens is 2. The third-order valence-corrected chi connectivity index (χ3v) is 7.41. The first kappa shape index (κ1) is 17.8. The average Bonchev–Trinajstić information content (AvgIpc) is 3.21. The van der Waals surface area contributed by atoms with Gasteiger partial charge in [0.1, 0.15) is 11.5 Å². The minimum Gasteiger partial charge on any atom is -0.497 e. The van der Waals surface area contributed by atoms with Gasteiger partial charge in [0, 0.05) is 16.6 Å². The van der Waals surface area contributed by atoms with Crippen molar-refractivity contribution in [2.75, 3.05) is 20.8 Å². The Balaban J connectivity index is 1.94. The highest BCUT2D eigenvalue weighted by Gasteiger charge is 2.33. The van der Waals surface area contributed by atoms with E-state index >= 15 is 0 Å². The molecule has 1 atom stereocenters. The molecule has 4 nitrogen and oxygen atoms in total. The SMILES string of the molecule is COc1ccc(OC)c(C2CCCN2C(=O)c2cc(Br)c(Br)s2)c1. The molecule has 1 saturated heterocycles. The van der Waals surface area contributed by atoms with Crippen molar-refractivity contribution >= 4 is 49.1 Å². The zero-order valence-corrected chi connectivity index (χ0v) is 17.3. The van der Waals surface area contributed by atoms with Crippen LogP contribution in [0.3, 0.4) is 0 Å². The number of benzene rings is 1. The molecule has 0 bridgehead atoms. The van der Waals surface area contributed by atoms with E-state index in [0.717, 1.165) is 49.6 Å². The van der Waals surface area contributed by atoms with Crippen LogP contribution in [0.1, 0.15) is 34.1 Å². The zero-order valence-electron chi connectivity index (χ0n) is 13.3. The van der Waals surface area contributed by atoms with E-state index in [1.807, 2.05) is 29.2 Å². The minimum atomic E-state index is 0.00204. The Morgan fingerprint density at radius 3 is 2.67 bits per heavy atom. The van der Waals surface area contributed by atoms with Crippen LogP contribution in [-0.4, -0.2) is 31.6 Å². The van der Waals surface area contributed by atoms with Gasteiger partial charge in [-0.15, -0.1) is 11.3 Å². The number of likely N-dealkylation sites (tertiary alicyclic amines) is 1. The smallest absolute Gasteiger partial charge is 0.264 e. The summed E-state index contributed by atoms with van der Waals surface area (Å²) in [5, 5.41) is 0. The lowest BCUT2D eigenvalue weighted by Crippen LogP contribution is -2.30. The minimum absolute atomic E-state index is 0.00204.